The molecule has 0 aliphatic rings. The molecule has 0 saturated heterocycles. The highest BCUT2D eigenvalue weighted by Crippen LogP contribution is 2.19. The number of nitrogens with one attached hydrogen (secondary N) is 1. The second-order valence-corrected chi connectivity index (χ2v) is 6.18. The number of halogens is 1. The van der Waals surface area contributed by atoms with Crippen molar-refractivity contribution < 1.29 is 27.8 Å². The summed E-state index contributed by atoms with van der Waals surface area (Å²) < 4.78 is 39.2. The van der Waals surface area contributed by atoms with Gasteiger partial charge < -0.3 is 10.2 Å². The highest BCUT2D eigenvalue weighted by atomic mass is 32.2. The second kappa shape index (κ2) is 6.12. The van der Waals surface area contributed by atoms with Crippen LogP contribution in [0.25, 0.3) is 0 Å². The lowest BCUT2D eigenvalue weighted by Crippen LogP contribution is -2.23. The van der Waals surface area contributed by atoms with Gasteiger partial charge in [-0.15, -0.1) is 0 Å². The normalized spacial score (nSPS) is 11.3. The van der Waals surface area contributed by atoms with Gasteiger partial charge in [-0.05, 0) is 29.8 Å². The minimum absolute atomic E-state index is 0.0931. The van der Waals surface area contributed by atoms with Crippen LogP contribution >= 0.6 is 0 Å². The molecule has 116 valence electrons. The Morgan fingerprint density at radius 3 is 2.41 bits per heavy atom. The predicted octanol–water partition coefficient (Wildman–Crippen LogP) is 1.08. The van der Waals surface area contributed by atoms with Crippen molar-refractivity contribution in [3.63, 3.8) is 0 Å². The van der Waals surface area contributed by atoms with Gasteiger partial charge in [-0.2, -0.15) is 0 Å². The molecule has 0 unspecified atom stereocenters. The van der Waals surface area contributed by atoms with Crippen LogP contribution in [0.2, 0.25) is 0 Å². The van der Waals surface area contributed by atoms with E-state index in [0.29, 0.717) is 5.56 Å². The number of sulfonamides is 1. The van der Waals surface area contributed by atoms with Crippen molar-refractivity contribution in [3.8, 4) is 5.75 Å². The Morgan fingerprint density at radius 1 is 1.18 bits per heavy atom. The molecule has 2 N–H and O–H groups in total. The van der Waals surface area contributed by atoms with E-state index in [1.54, 1.807) is 0 Å². The lowest BCUT2D eigenvalue weighted by molar-refractivity contribution is -0.268. The Bertz CT molecular complexity index is 802. The number of carboxylic acids is 1. The molecule has 0 aromatic heterocycles. The van der Waals surface area contributed by atoms with Gasteiger partial charge in [0.15, 0.2) is 0 Å². The molecule has 0 atom stereocenters. The van der Waals surface area contributed by atoms with Gasteiger partial charge in [-0.3, -0.25) is 0 Å². The smallest absolute Gasteiger partial charge is 0.335 e. The van der Waals surface area contributed by atoms with Crippen LogP contribution < -0.4 is 9.83 Å². The zero-order chi connectivity index (χ0) is 16.3. The number of hydrogen-bond donors (Lipinski definition) is 2. The summed E-state index contributed by atoms with van der Waals surface area (Å²) in [5, 5.41) is 20.2. The third-order valence-electron chi connectivity index (χ3n) is 2.87. The molecule has 0 heterocycles. The van der Waals surface area contributed by atoms with Gasteiger partial charge in [-0.25, -0.2) is 22.3 Å². The van der Waals surface area contributed by atoms with Gasteiger partial charge in [0.1, 0.15) is 5.82 Å². The summed E-state index contributed by atoms with van der Waals surface area (Å²) in [6.07, 6.45) is 0. The van der Waals surface area contributed by atoms with Crippen LogP contribution in [-0.4, -0.2) is 19.5 Å². The van der Waals surface area contributed by atoms with E-state index in [1.807, 2.05) is 0 Å². The van der Waals surface area contributed by atoms with Crippen LogP contribution in [0.15, 0.2) is 47.4 Å². The maximum absolute atomic E-state index is 12.8. The molecule has 22 heavy (non-hydrogen) atoms. The van der Waals surface area contributed by atoms with Crippen molar-refractivity contribution in [3.05, 3.63) is 59.4 Å². The maximum Gasteiger partial charge on any atom is 0.335 e. The first kappa shape index (κ1) is 15.9. The van der Waals surface area contributed by atoms with E-state index in [9.17, 15) is 22.7 Å². The molecular weight excluding hydrogens is 313 g/mol. The highest BCUT2D eigenvalue weighted by molar-refractivity contribution is 7.89. The Morgan fingerprint density at radius 2 is 1.82 bits per heavy atom. The van der Waals surface area contributed by atoms with E-state index in [2.05, 4.69) is 4.72 Å². The topological polar surface area (TPSA) is 107 Å². The molecular formula is C14H11FNO5S-. The first-order valence-electron chi connectivity index (χ1n) is 6.08. The van der Waals surface area contributed by atoms with Gasteiger partial charge >= 0.3 is 5.97 Å². The van der Waals surface area contributed by atoms with Gasteiger partial charge in [0, 0.05) is 6.54 Å². The minimum atomic E-state index is -3.99. The molecule has 0 fully saturated rings. The molecule has 2 rings (SSSR count). The average molecular weight is 324 g/mol. The van der Waals surface area contributed by atoms with Crippen LogP contribution in [0.4, 0.5) is 4.39 Å². The van der Waals surface area contributed by atoms with Crippen LogP contribution in [0, 0.1) is 5.82 Å². The van der Waals surface area contributed by atoms with Crippen molar-refractivity contribution in [2.75, 3.05) is 0 Å². The number of carbonyl (C=O) groups is 1. The molecule has 0 aliphatic heterocycles. The molecule has 6 nitrogen and oxygen atoms in total. The molecule has 8 heteroatoms. The fourth-order valence-electron chi connectivity index (χ4n) is 1.71. The lowest BCUT2D eigenvalue weighted by Gasteiger charge is -2.12. The summed E-state index contributed by atoms with van der Waals surface area (Å²) in [5.74, 6) is -2.71. The van der Waals surface area contributed by atoms with Crippen LogP contribution in [0.5, 0.6) is 5.75 Å². The standard InChI is InChI=1S/C14H12FNO5S/c15-10-3-1-9(2-4-10)8-16-22(20,21)11-5-6-13(17)12(7-11)14(18)19/h1-7,16-17H,8H2,(H,18,19)/p-1. The van der Waals surface area contributed by atoms with Gasteiger partial charge in [-0.1, -0.05) is 23.9 Å². The average Bonchev–Trinajstić information content (AvgIpc) is 2.46. The van der Waals surface area contributed by atoms with Crippen molar-refractivity contribution in [1.29, 1.82) is 0 Å². The van der Waals surface area contributed by atoms with Crippen molar-refractivity contribution in [2.45, 2.75) is 11.4 Å². The molecule has 0 spiro atoms. The minimum Gasteiger partial charge on any atom is -0.872 e. The summed E-state index contributed by atoms with van der Waals surface area (Å²) >= 11 is 0. The van der Waals surface area contributed by atoms with Crippen molar-refractivity contribution in [2.24, 2.45) is 0 Å². The fraction of sp³-hybridized carbons (Fsp3) is 0.0714. The quantitative estimate of drug-likeness (QED) is 0.856. The number of aromatic carboxylic acids is 1. The number of carboxylic acid groups (broad SMARTS) is 1. The van der Waals surface area contributed by atoms with E-state index in [4.69, 9.17) is 5.11 Å². The largest absolute Gasteiger partial charge is 0.872 e. The summed E-state index contributed by atoms with van der Waals surface area (Å²) in [5.41, 5.74) is -0.0893. The maximum atomic E-state index is 12.8. The van der Waals surface area contributed by atoms with Gasteiger partial charge in [0.25, 0.3) is 0 Å². The van der Waals surface area contributed by atoms with Crippen LogP contribution in [0.1, 0.15) is 15.9 Å². The molecule has 0 radical (unpaired) electrons. The molecule has 2 aromatic carbocycles. The van der Waals surface area contributed by atoms with E-state index in [-0.39, 0.29) is 11.4 Å². The Kier molecular flexibility index (Phi) is 4.43. The zero-order valence-corrected chi connectivity index (χ0v) is 11.9. The summed E-state index contributed by atoms with van der Waals surface area (Å²) in [7, 11) is -3.99. The third-order valence-corrected chi connectivity index (χ3v) is 4.27. The molecule has 0 aliphatic carbocycles. The highest BCUT2D eigenvalue weighted by Gasteiger charge is 2.16. The SMILES string of the molecule is O=C(O)c1cc(S(=O)(=O)NCc2ccc(F)cc2)ccc1[O-]. The monoisotopic (exact) mass is 324 g/mol. The number of rotatable bonds is 5. The van der Waals surface area contributed by atoms with Crippen molar-refractivity contribution >= 4 is 16.0 Å². The number of hydrogen-bond acceptors (Lipinski definition) is 4. The fourth-order valence-corrected chi connectivity index (χ4v) is 2.75. The van der Waals surface area contributed by atoms with E-state index in [1.165, 1.54) is 24.3 Å². The van der Waals surface area contributed by atoms with Gasteiger partial charge in [0.05, 0.1) is 10.5 Å². The Hall–Kier alpha value is -2.45. The lowest BCUT2D eigenvalue weighted by atomic mass is 10.2. The van der Waals surface area contributed by atoms with E-state index in [0.717, 1.165) is 18.2 Å². The van der Waals surface area contributed by atoms with E-state index < -0.39 is 33.1 Å². The number of benzene rings is 2. The zero-order valence-electron chi connectivity index (χ0n) is 11.1. The molecule has 0 saturated carbocycles. The van der Waals surface area contributed by atoms with Crippen LogP contribution in [-0.2, 0) is 16.6 Å². The first-order valence-corrected chi connectivity index (χ1v) is 7.56. The molecule has 0 bridgehead atoms. The Balaban J connectivity index is 2.21. The van der Waals surface area contributed by atoms with Gasteiger partial charge in [0.2, 0.25) is 10.0 Å². The summed E-state index contributed by atoms with van der Waals surface area (Å²) in [6, 6.07) is 7.94. The van der Waals surface area contributed by atoms with Crippen molar-refractivity contribution in [1.82, 2.24) is 4.72 Å². The first-order chi connectivity index (χ1) is 10.3. The molecule has 2 aromatic rings. The summed E-state index contributed by atoms with van der Waals surface area (Å²) in [6.45, 7) is -0.0931. The predicted molar refractivity (Wildman–Crippen MR) is 73.3 cm³/mol. The van der Waals surface area contributed by atoms with E-state index >= 15 is 0 Å². The summed E-state index contributed by atoms with van der Waals surface area (Å²) in [4.78, 5) is 10.5. The molecule has 0 amide bonds. The Labute approximate surface area is 125 Å². The van der Waals surface area contributed by atoms with Crippen LogP contribution in [0.3, 0.4) is 0 Å². The second-order valence-electron chi connectivity index (χ2n) is 4.41. The third kappa shape index (κ3) is 3.60.